The summed E-state index contributed by atoms with van der Waals surface area (Å²) in [6.07, 6.45) is 0. The zero-order chi connectivity index (χ0) is 37.3. The second-order valence-electron chi connectivity index (χ2n) is 17.5. The number of aromatic nitrogens is 1. The first kappa shape index (κ1) is 32.7. The van der Waals surface area contributed by atoms with Gasteiger partial charge in [-0.2, -0.15) is 0 Å². The molecule has 0 saturated heterocycles. The first-order valence-electron chi connectivity index (χ1n) is 19.2. The summed E-state index contributed by atoms with van der Waals surface area (Å²) in [4.78, 5) is 12.1. The highest BCUT2D eigenvalue weighted by Gasteiger charge is 2.33. The molecule has 0 atom stereocenters. The molecule has 1 aromatic heterocycles. The molecule has 0 fully saturated rings. The fourth-order valence-corrected chi connectivity index (χ4v) is 8.92. The molecule has 0 aliphatic carbocycles. The lowest BCUT2D eigenvalue weighted by Crippen LogP contribution is -2.26. The van der Waals surface area contributed by atoms with E-state index in [1.807, 2.05) is 0 Å². The zero-order valence-corrected chi connectivity index (χ0v) is 32.6. The number of benzene rings is 6. The molecule has 3 aliphatic heterocycles. The van der Waals surface area contributed by atoms with E-state index in [0.717, 1.165) is 13.3 Å². The summed E-state index contributed by atoms with van der Waals surface area (Å²) in [6.45, 7) is 15.5. The van der Waals surface area contributed by atoms with Gasteiger partial charge in [0, 0.05) is 41.9 Å². The SMILES string of the molecule is CN1CN(c2cc(N3c4cc(N5CN(C)c6ccccc65)ccc4-n4c5ccc(C(C)(C)C)cc5c5cccc3c54)cc(C(C)(C)C)c2)c2ccccc21. The number of anilines is 9. The van der Waals surface area contributed by atoms with E-state index in [9.17, 15) is 0 Å². The summed E-state index contributed by atoms with van der Waals surface area (Å²) < 4.78 is 2.52. The Balaban J connectivity index is 1.25. The van der Waals surface area contributed by atoms with Crippen molar-refractivity contribution in [2.45, 2.75) is 52.4 Å². The van der Waals surface area contributed by atoms with Crippen LogP contribution >= 0.6 is 0 Å². The average molecular weight is 709 g/mol. The lowest BCUT2D eigenvalue weighted by molar-refractivity contribution is 0.590. The third-order valence-electron chi connectivity index (χ3n) is 11.8. The van der Waals surface area contributed by atoms with Gasteiger partial charge >= 0.3 is 0 Å². The zero-order valence-electron chi connectivity index (χ0n) is 32.6. The van der Waals surface area contributed by atoms with Gasteiger partial charge in [-0.25, -0.2) is 0 Å². The summed E-state index contributed by atoms with van der Waals surface area (Å²) in [5, 5.41) is 2.58. The van der Waals surface area contributed by atoms with Gasteiger partial charge in [0.1, 0.15) is 0 Å². The second kappa shape index (κ2) is 11.3. The Hall–Kier alpha value is -5.88. The molecular weight excluding hydrogens is 661 g/mol. The first-order chi connectivity index (χ1) is 25.9. The molecule has 4 heterocycles. The third-order valence-corrected chi connectivity index (χ3v) is 11.8. The van der Waals surface area contributed by atoms with Crippen molar-refractivity contribution in [3.8, 4) is 5.69 Å². The van der Waals surface area contributed by atoms with Gasteiger partial charge in [0.25, 0.3) is 0 Å². The van der Waals surface area contributed by atoms with Gasteiger partial charge in [-0.05, 0) is 101 Å². The molecule has 0 N–H and O–H groups in total. The molecule has 6 nitrogen and oxygen atoms in total. The normalized spacial score (nSPS) is 15.1. The Bertz CT molecular complexity index is 2650. The van der Waals surface area contributed by atoms with E-state index in [4.69, 9.17) is 0 Å². The van der Waals surface area contributed by atoms with Crippen LogP contribution in [0.4, 0.5) is 51.2 Å². The van der Waals surface area contributed by atoms with E-state index in [1.54, 1.807) is 0 Å². The fraction of sp³-hybridized carbons (Fsp3) is 0.250. The standard InChI is InChI=1S/C48H48N6/c1-47(2,3)31-20-22-38-37(26-31)36-14-13-19-44-46(36)54(38)43-23-21-33(51-29-49(7)39-15-9-11-17-41(39)51)28-45(43)53(44)35-25-32(48(4,5)6)24-34(27-35)52-30-50(8)40-16-10-12-18-42(40)52/h9-28H,29-30H2,1-8H3. The van der Waals surface area contributed by atoms with Crippen molar-refractivity contribution in [1.82, 2.24) is 4.57 Å². The van der Waals surface area contributed by atoms with Crippen molar-refractivity contribution in [2.75, 3.05) is 51.9 Å². The van der Waals surface area contributed by atoms with E-state index >= 15 is 0 Å². The maximum absolute atomic E-state index is 2.54. The van der Waals surface area contributed by atoms with E-state index in [1.165, 1.54) is 89.8 Å². The van der Waals surface area contributed by atoms with Crippen LogP contribution in [0.1, 0.15) is 52.7 Å². The summed E-state index contributed by atoms with van der Waals surface area (Å²) in [5.41, 5.74) is 17.2. The van der Waals surface area contributed by atoms with Crippen LogP contribution in [0.25, 0.3) is 27.5 Å². The van der Waals surface area contributed by atoms with Crippen LogP contribution in [0.2, 0.25) is 0 Å². The molecule has 6 aromatic carbocycles. The lowest BCUT2D eigenvalue weighted by atomic mass is 9.86. The molecule has 0 bridgehead atoms. The Morgan fingerprint density at radius 3 is 1.67 bits per heavy atom. The van der Waals surface area contributed by atoms with E-state index in [0.29, 0.717) is 0 Å². The van der Waals surface area contributed by atoms with Crippen LogP contribution in [0.5, 0.6) is 0 Å². The molecular formula is C48H48N6. The summed E-state index contributed by atoms with van der Waals surface area (Å²) in [6, 6.07) is 45.8. The van der Waals surface area contributed by atoms with Crippen molar-refractivity contribution < 1.29 is 0 Å². The number of nitrogens with zero attached hydrogens (tertiary/aromatic N) is 6. The highest BCUT2D eigenvalue weighted by atomic mass is 15.4. The number of fused-ring (bicyclic) bond motifs is 7. The number of hydrogen-bond acceptors (Lipinski definition) is 5. The molecule has 0 radical (unpaired) electrons. The van der Waals surface area contributed by atoms with Crippen LogP contribution in [0, 0.1) is 0 Å². The Morgan fingerprint density at radius 2 is 1.02 bits per heavy atom. The third kappa shape index (κ3) is 4.78. The van der Waals surface area contributed by atoms with Gasteiger partial charge in [-0.1, -0.05) is 84.0 Å². The van der Waals surface area contributed by atoms with Crippen LogP contribution in [-0.4, -0.2) is 32.0 Å². The van der Waals surface area contributed by atoms with Crippen LogP contribution in [0.3, 0.4) is 0 Å². The molecule has 10 rings (SSSR count). The average Bonchev–Trinajstić information content (AvgIpc) is 3.80. The van der Waals surface area contributed by atoms with Gasteiger partial charge in [0.2, 0.25) is 0 Å². The van der Waals surface area contributed by atoms with Crippen molar-refractivity contribution in [2.24, 2.45) is 0 Å². The fourth-order valence-electron chi connectivity index (χ4n) is 8.92. The van der Waals surface area contributed by atoms with Crippen LogP contribution in [-0.2, 0) is 10.8 Å². The summed E-state index contributed by atoms with van der Waals surface area (Å²) >= 11 is 0. The van der Waals surface area contributed by atoms with Crippen LogP contribution in [0.15, 0.2) is 121 Å². The molecule has 54 heavy (non-hydrogen) atoms. The monoisotopic (exact) mass is 708 g/mol. The Labute approximate surface area is 319 Å². The van der Waals surface area contributed by atoms with E-state index in [-0.39, 0.29) is 10.8 Å². The largest absolute Gasteiger partial charge is 0.355 e. The highest BCUT2D eigenvalue weighted by Crippen LogP contribution is 2.53. The smallest absolute Gasteiger partial charge is 0.0950 e. The Morgan fingerprint density at radius 1 is 0.426 bits per heavy atom. The molecule has 3 aliphatic rings. The van der Waals surface area contributed by atoms with Gasteiger partial charge in [0.15, 0.2) is 0 Å². The van der Waals surface area contributed by atoms with E-state index < -0.39 is 0 Å². The second-order valence-corrected chi connectivity index (χ2v) is 17.5. The topological polar surface area (TPSA) is 21.1 Å². The van der Waals surface area contributed by atoms with Crippen molar-refractivity contribution in [1.29, 1.82) is 0 Å². The van der Waals surface area contributed by atoms with Crippen LogP contribution < -0.4 is 24.5 Å². The lowest BCUT2D eigenvalue weighted by Gasteiger charge is -2.36. The first-order valence-corrected chi connectivity index (χ1v) is 19.2. The number of para-hydroxylation sites is 5. The highest BCUT2D eigenvalue weighted by molar-refractivity contribution is 6.17. The number of hydrogen-bond donors (Lipinski definition) is 0. The van der Waals surface area contributed by atoms with Gasteiger partial charge in [-0.3, -0.25) is 0 Å². The van der Waals surface area contributed by atoms with Gasteiger partial charge < -0.3 is 29.1 Å². The van der Waals surface area contributed by atoms with Gasteiger partial charge in [-0.15, -0.1) is 0 Å². The predicted molar refractivity (Wildman–Crippen MR) is 230 cm³/mol. The maximum atomic E-state index is 2.54. The van der Waals surface area contributed by atoms with E-state index in [2.05, 4.69) is 206 Å². The molecule has 7 aromatic rings. The summed E-state index contributed by atoms with van der Waals surface area (Å²) in [7, 11) is 4.37. The minimum atomic E-state index is -0.0650. The minimum Gasteiger partial charge on any atom is -0.355 e. The predicted octanol–water partition coefficient (Wildman–Crippen LogP) is 12.3. The Kier molecular flexibility index (Phi) is 6.86. The van der Waals surface area contributed by atoms with Gasteiger partial charge in [0.05, 0.1) is 64.2 Å². The molecule has 0 saturated carbocycles. The quantitative estimate of drug-likeness (QED) is 0.182. The molecule has 6 heteroatoms. The van der Waals surface area contributed by atoms with Crippen molar-refractivity contribution in [3.05, 3.63) is 132 Å². The van der Waals surface area contributed by atoms with Crippen molar-refractivity contribution >= 4 is 73.0 Å². The summed E-state index contributed by atoms with van der Waals surface area (Å²) in [5.74, 6) is 0. The minimum absolute atomic E-state index is 0.0461. The van der Waals surface area contributed by atoms with Crippen molar-refractivity contribution in [3.63, 3.8) is 0 Å². The molecule has 0 unspecified atom stereocenters. The molecule has 270 valence electrons. The molecule has 0 spiro atoms. The number of rotatable bonds is 3. The maximum Gasteiger partial charge on any atom is 0.0950 e. The molecule has 0 amide bonds.